The van der Waals surface area contributed by atoms with Crippen LogP contribution < -0.4 is 4.90 Å². The molecule has 1 aromatic heterocycles. The molecular formula is C13H17N3O2. The van der Waals surface area contributed by atoms with Crippen molar-refractivity contribution >= 4 is 11.9 Å². The molecule has 0 fully saturated rings. The number of aryl methyl sites for hydroxylation is 1. The lowest BCUT2D eigenvalue weighted by Gasteiger charge is -2.24. The molecule has 5 heteroatoms. The molecule has 5 nitrogen and oxygen atoms in total. The molecule has 1 aliphatic heterocycles. The predicted octanol–water partition coefficient (Wildman–Crippen LogP) is 1.81. The molecule has 0 saturated carbocycles. The first-order valence-corrected chi connectivity index (χ1v) is 6.14. The van der Waals surface area contributed by atoms with E-state index in [2.05, 4.69) is 22.1 Å². The van der Waals surface area contributed by atoms with Gasteiger partial charge in [-0.2, -0.15) is 0 Å². The predicted molar refractivity (Wildman–Crippen MR) is 69.1 cm³/mol. The van der Waals surface area contributed by atoms with Gasteiger partial charge in [0.1, 0.15) is 0 Å². The number of anilines is 1. The lowest BCUT2D eigenvalue weighted by atomic mass is 10.1. The van der Waals surface area contributed by atoms with Crippen molar-refractivity contribution in [3.05, 3.63) is 29.1 Å². The molecule has 18 heavy (non-hydrogen) atoms. The molecular weight excluding hydrogens is 230 g/mol. The van der Waals surface area contributed by atoms with E-state index in [4.69, 9.17) is 0 Å². The van der Waals surface area contributed by atoms with Gasteiger partial charge in [0, 0.05) is 24.3 Å². The Bertz CT molecular complexity index is 497. The summed E-state index contributed by atoms with van der Waals surface area (Å²) in [5.41, 5.74) is 1.61. The SMILES string of the molecule is CCc1c(C)nc(N2CC=CCC2)nc1C(=O)O. The van der Waals surface area contributed by atoms with Crippen LogP contribution >= 0.6 is 0 Å². The lowest BCUT2D eigenvalue weighted by molar-refractivity contribution is 0.0689. The Morgan fingerprint density at radius 3 is 2.78 bits per heavy atom. The monoisotopic (exact) mass is 247 g/mol. The Morgan fingerprint density at radius 2 is 2.22 bits per heavy atom. The van der Waals surface area contributed by atoms with Crippen LogP contribution in [0.3, 0.4) is 0 Å². The third-order valence-electron chi connectivity index (χ3n) is 3.10. The standard InChI is InChI=1S/C13H17N3O2/c1-3-10-9(2)14-13(15-11(10)12(17)18)16-7-5-4-6-8-16/h4-5H,3,6-8H2,1-2H3,(H,17,18). The van der Waals surface area contributed by atoms with Crippen LogP contribution in [0, 0.1) is 6.92 Å². The minimum Gasteiger partial charge on any atom is -0.476 e. The molecule has 0 spiro atoms. The number of carboxylic acid groups (broad SMARTS) is 1. The maximum Gasteiger partial charge on any atom is 0.354 e. The minimum atomic E-state index is -0.980. The Hall–Kier alpha value is -1.91. The van der Waals surface area contributed by atoms with Crippen molar-refractivity contribution in [1.29, 1.82) is 0 Å². The van der Waals surface area contributed by atoms with Crippen molar-refractivity contribution in [2.75, 3.05) is 18.0 Å². The average molecular weight is 247 g/mol. The smallest absolute Gasteiger partial charge is 0.354 e. The normalized spacial score (nSPS) is 14.9. The van der Waals surface area contributed by atoms with Gasteiger partial charge in [-0.05, 0) is 19.8 Å². The highest BCUT2D eigenvalue weighted by Gasteiger charge is 2.19. The molecule has 0 bridgehead atoms. The molecule has 0 radical (unpaired) electrons. The summed E-state index contributed by atoms with van der Waals surface area (Å²) in [7, 11) is 0. The van der Waals surface area contributed by atoms with Crippen LogP contribution in [0.1, 0.15) is 35.1 Å². The van der Waals surface area contributed by atoms with E-state index in [1.54, 1.807) is 0 Å². The fourth-order valence-corrected chi connectivity index (χ4v) is 2.15. The van der Waals surface area contributed by atoms with Gasteiger partial charge in [0.25, 0.3) is 0 Å². The topological polar surface area (TPSA) is 66.3 Å². The second-order valence-corrected chi connectivity index (χ2v) is 4.30. The number of carboxylic acids is 1. The van der Waals surface area contributed by atoms with Gasteiger partial charge in [-0.15, -0.1) is 0 Å². The number of hydrogen-bond acceptors (Lipinski definition) is 4. The van der Waals surface area contributed by atoms with Gasteiger partial charge in [-0.1, -0.05) is 19.1 Å². The van der Waals surface area contributed by atoms with E-state index in [0.29, 0.717) is 12.4 Å². The van der Waals surface area contributed by atoms with E-state index in [-0.39, 0.29) is 5.69 Å². The van der Waals surface area contributed by atoms with Crippen molar-refractivity contribution in [1.82, 2.24) is 9.97 Å². The van der Waals surface area contributed by atoms with E-state index in [0.717, 1.165) is 30.8 Å². The highest BCUT2D eigenvalue weighted by atomic mass is 16.4. The molecule has 96 valence electrons. The third kappa shape index (κ3) is 2.34. The molecule has 2 rings (SSSR count). The maximum absolute atomic E-state index is 11.2. The van der Waals surface area contributed by atoms with Crippen LogP contribution in [0.2, 0.25) is 0 Å². The Morgan fingerprint density at radius 1 is 1.44 bits per heavy atom. The summed E-state index contributed by atoms with van der Waals surface area (Å²) in [5, 5.41) is 9.22. The maximum atomic E-state index is 11.2. The quantitative estimate of drug-likeness (QED) is 0.825. The van der Waals surface area contributed by atoms with Crippen molar-refractivity contribution < 1.29 is 9.90 Å². The molecule has 2 heterocycles. The fourth-order valence-electron chi connectivity index (χ4n) is 2.15. The molecule has 1 N–H and O–H groups in total. The summed E-state index contributed by atoms with van der Waals surface area (Å²) in [6.07, 6.45) is 5.74. The highest BCUT2D eigenvalue weighted by molar-refractivity contribution is 5.87. The zero-order chi connectivity index (χ0) is 13.1. The van der Waals surface area contributed by atoms with Crippen LogP contribution in [-0.4, -0.2) is 34.1 Å². The van der Waals surface area contributed by atoms with Crippen LogP contribution in [0.25, 0.3) is 0 Å². The minimum absolute atomic E-state index is 0.134. The van der Waals surface area contributed by atoms with E-state index >= 15 is 0 Å². The van der Waals surface area contributed by atoms with Gasteiger partial charge in [-0.25, -0.2) is 14.8 Å². The fraction of sp³-hybridized carbons (Fsp3) is 0.462. The number of carbonyl (C=O) groups is 1. The summed E-state index contributed by atoms with van der Waals surface area (Å²) >= 11 is 0. The zero-order valence-corrected chi connectivity index (χ0v) is 10.7. The van der Waals surface area contributed by atoms with Gasteiger partial charge in [0.15, 0.2) is 5.69 Å². The third-order valence-corrected chi connectivity index (χ3v) is 3.10. The van der Waals surface area contributed by atoms with E-state index in [9.17, 15) is 9.90 Å². The highest BCUT2D eigenvalue weighted by Crippen LogP contribution is 2.18. The van der Waals surface area contributed by atoms with Gasteiger partial charge in [-0.3, -0.25) is 0 Å². The second kappa shape index (κ2) is 5.16. The molecule has 0 amide bonds. The van der Waals surface area contributed by atoms with Crippen LogP contribution in [0.5, 0.6) is 0 Å². The van der Waals surface area contributed by atoms with Crippen LogP contribution in [-0.2, 0) is 6.42 Å². The Balaban J connectivity index is 2.43. The molecule has 0 saturated heterocycles. The van der Waals surface area contributed by atoms with Gasteiger partial charge in [0.05, 0.1) is 0 Å². The summed E-state index contributed by atoms with van der Waals surface area (Å²) in [6.45, 7) is 5.34. The van der Waals surface area contributed by atoms with Crippen LogP contribution in [0.15, 0.2) is 12.2 Å². The number of aromatic nitrogens is 2. The van der Waals surface area contributed by atoms with Crippen molar-refractivity contribution in [2.45, 2.75) is 26.7 Å². The molecule has 0 unspecified atom stereocenters. The summed E-state index contributed by atoms with van der Waals surface area (Å²) < 4.78 is 0. The first-order valence-electron chi connectivity index (χ1n) is 6.14. The summed E-state index contributed by atoms with van der Waals surface area (Å²) in [5.74, 6) is -0.461. The average Bonchev–Trinajstić information content (AvgIpc) is 2.38. The Labute approximate surface area is 106 Å². The van der Waals surface area contributed by atoms with Gasteiger partial charge < -0.3 is 10.0 Å². The zero-order valence-electron chi connectivity index (χ0n) is 10.7. The first-order chi connectivity index (χ1) is 8.63. The Kier molecular flexibility index (Phi) is 3.60. The number of nitrogens with zero attached hydrogens (tertiary/aromatic N) is 3. The van der Waals surface area contributed by atoms with Crippen molar-refractivity contribution in [3.63, 3.8) is 0 Å². The molecule has 1 aromatic rings. The van der Waals surface area contributed by atoms with E-state index in [1.165, 1.54) is 0 Å². The molecule has 1 aliphatic rings. The largest absolute Gasteiger partial charge is 0.476 e. The number of aromatic carboxylic acids is 1. The van der Waals surface area contributed by atoms with Gasteiger partial charge in [0.2, 0.25) is 5.95 Å². The molecule has 0 aromatic carbocycles. The number of hydrogen-bond donors (Lipinski definition) is 1. The molecule has 0 aliphatic carbocycles. The van der Waals surface area contributed by atoms with Gasteiger partial charge >= 0.3 is 5.97 Å². The molecule has 0 atom stereocenters. The number of rotatable bonds is 3. The second-order valence-electron chi connectivity index (χ2n) is 4.30. The summed E-state index contributed by atoms with van der Waals surface area (Å²) in [6, 6.07) is 0. The first kappa shape index (κ1) is 12.5. The van der Waals surface area contributed by atoms with Crippen molar-refractivity contribution in [3.8, 4) is 0 Å². The lowest BCUT2D eigenvalue weighted by Crippen LogP contribution is -2.29. The van der Waals surface area contributed by atoms with Crippen molar-refractivity contribution in [2.24, 2.45) is 0 Å². The van der Waals surface area contributed by atoms with Crippen LogP contribution in [0.4, 0.5) is 5.95 Å². The van der Waals surface area contributed by atoms with E-state index in [1.807, 2.05) is 18.7 Å². The summed E-state index contributed by atoms with van der Waals surface area (Å²) in [4.78, 5) is 21.9. The van der Waals surface area contributed by atoms with E-state index < -0.39 is 5.97 Å².